The number of ketones is 1. The zero-order chi connectivity index (χ0) is 16.8. The van der Waals surface area contributed by atoms with Crippen LogP contribution in [0.25, 0.3) is 0 Å². The Morgan fingerprint density at radius 2 is 1.96 bits per heavy atom. The highest BCUT2D eigenvalue weighted by Crippen LogP contribution is 2.27. The number of nitrogens with one attached hydrogen (secondary N) is 1. The SMILES string of the molecule is Cc1ccc(C(C)C)c(OCC(=O)OCC(=O)c2ccc[nH]2)c1. The van der Waals surface area contributed by atoms with Crippen molar-refractivity contribution in [2.45, 2.75) is 26.7 Å². The Morgan fingerprint density at radius 1 is 1.17 bits per heavy atom. The molecule has 0 fully saturated rings. The van der Waals surface area contributed by atoms with E-state index in [4.69, 9.17) is 9.47 Å². The van der Waals surface area contributed by atoms with Crippen molar-refractivity contribution in [3.63, 3.8) is 0 Å². The van der Waals surface area contributed by atoms with Crippen molar-refractivity contribution >= 4 is 11.8 Å². The summed E-state index contributed by atoms with van der Waals surface area (Å²) in [6.07, 6.45) is 1.64. The average Bonchev–Trinajstić information content (AvgIpc) is 3.04. The Kier molecular flexibility index (Phi) is 5.57. The molecule has 0 spiro atoms. The lowest BCUT2D eigenvalue weighted by Crippen LogP contribution is -2.20. The van der Waals surface area contributed by atoms with E-state index in [-0.39, 0.29) is 24.9 Å². The standard InChI is InChI=1S/C18H21NO4/c1-12(2)14-7-6-13(3)9-17(14)22-11-18(21)23-10-16(20)15-5-4-8-19-15/h4-9,12,19H,10-11H2,1-3H3. The highest BCUT2D eigenvalue weighted by molar-refractivity contribution is 5.96. The van der Waals surface area contributed by atoms with Crippen LogP contribution in [0.1, 0.15) is 41.4 Å². The third-order valence-electron chi connectivity index (χ3n) is 3.40. The summed E-state index contributed by atoms with van der Waals surface area (Å²) in [7, 11) is 0. The number of carbonyl (C=O) groups excluding carboxylic acids is 2. The van der Waals surface area contributed by atoms with E-state index in [1.807, 2.05) is 25.1 Å². The number of rotatable bonds is 7. The number of Topliss-reactive ketones (excluding diaryl/α,β-unsaturated/α-hetero) is 1. The third-order valence-corrected chi connectivity index (χ3v) is 3.40. The van der Waals surface area contributed by atoms with Crippen LogP contribution >= 0.6 is 0 Å². The van der Waals surface area contributed by atoms with Gasteiger partial charge in [0.2, 0.25) is 5.78 Å². The molecule has 2 aromatic rings. The number of benzene rings is 1. The molecule has 122 valence electrons. The van der Waals surface area contributed by atoms with E-state index in [0.717, 1.165) is 11.1 Å². The lowest BCUT2D eigenvalue weighted by atomic mass is 10.0. The van der Waals surface area contributed by atoms with E-state index in [1.54, 1.807) is 18.3 Å². The first-order valence-corrected chi connectivity index (χ1v) is 7.53. The molecule has 0 radical (unpaired) electrons. The van der Waals surface area contributed by atoms with Gasteiger partial charge >= 0.3 is 5.97 Å². The van der Waals surface area contributed by atoms with Crippen LogP contribution < -0.4 is 4.74 Å². The molecule has 1 heterocycles. The second-order valence-corrected chi connectivity index (χ2v) is 5.65. The molecule has 1 aromatic heterocycles. The van der Waals surface area contributed by atoms with Crippen molar-refractivity contribution in [1.82, 2.24) is 4.98 Å². The quantitative estimate of drug-likeness (QED) is 0.629. The number of hydrogen-bond acceptors (Lipinski definition) is 4. The molecule has 0 saturated carbocycles. The molecule has 5 heteroatoms. The van der Waals surface area contributed by atoms with Gasteiger partial charge in [0.25, 0.3) is 0 Å². The fraction of sp³-hybridized carbons (Fsp3) is 0.333. The maximum absolute atomic E-state index is 11.7. The van der Waals surface area contributed by atoms with Gasteiger partial charge in [-0.1, -0.05) is 26.0 Å². The number of hydrogen-bond donors (Lipinski definition) is 1. The van der Waals surface area contributed by atoms with Crippen LogP contribution in [0, 0.1) is 6.92 Å². The maximum atomic E-state index is 11.7. The van der Waals surface area contributed by atoms with E-state index >= 15 is 0 Å². The van der Waals surface area contributed by atoms with Gasteiger partial charge < -0.3 is 14.5 Å². The van der Waals surface area contributed by atoms with Crippen LogP contribution in [0.2, 0.25) is 0 Å². The average molecular weight is 315 g/mol. The van der Waals surface area contributed by atoms with Crippen molar-refractivity contribution in [3.05, 3.63) is 53.3 Å². The first-order valence-electron chi connectivity index (χ1n) is 7.53. The molecular weight excluding hydrogens is 294 g/mol. The van der Waals surface area contributed by atoms with Gasteiger partial charge in [0.05, 0.1) is 5.69 Å². The molecule has 0 amide bonds. The molecule has 5 nitrogen and oxygen atoms in total. The number of ether oxygens (including phenoxy) is 2. The molecule has 0 aliphatic heterocycles. The molecule has 23 heavy (non-hydrogen) atoms. The Balaban J connectivity index is 1.87. The van der Waals surface area contributed by atoms with E-state index < -0.39 is 5.97 Å². The normalized spacial score (nSPS) is 10.6. The number of aromatic nitrogens is 1. The van der Waals surface area contributed by atoms with Crippen molar-refractivity contribution < 1.29 is 19.1 Å². The summed E-state index contributed by atoms with van der Waals surface area (Å²) in [5.41, 5.74) is 2.50. The second kappa shape index (κ2) is 7.63. The number of carbonyl (C=O) groups is 2. The van der Waals surface area contributed by atoms with E-state index in [0.29, 0.717) is 11.4 Å². The Hall–Kier alpha value is -2.56. The Bertz CT molecular complexity index is 674. The Morgan fingerprint density at radius 3 is 2.61 bits per heavy atom. The van der Waals surface area contributed by atoms with Crippen LogP contribution in [0.3, 0.4) is 0 Å². The summed E-state index contributed by atoms with van der Waals surface area (Å²) in [6, 6.07) is 9.25. The van der Waals surface area contributed by atoms with Crippen molar-refractivity contribution in [3.8, 4) is 5.75 Å². The zero-order valence-corrected chi connectivity index (χ0v) is 13.6. The number of H-pyrrole nitrogens is 1. The van der Waals surface area contributed by atoms with Gasteiger partial charge in [0.1, 0.15) is 5.75 Å². The summed E-state index contributed by atoms with van der Waals surface area (Å²) >= 11 is 0. The molecular formula is C18H21NO4. The largest absolute Gasteiger partial charge is 0.482 e. The van der Waals surface area contributed by atoms with E-state index in [2.05, 4.69) is 18.8 Å². The van der Waals surface area contributed by atoms with Crippen LogP contribution in [0.15, 0.2) is 36.5 Å². The minimum Gasteiger partial charge on any atom is -0.482 e. The number of aryl methyl sites for hydroxylation is 1. The lowest BCUT2D eigenvalue weighted by molar-refractivity contribution is -0.144. The predicted octanol–water partition coefficient (Wildman–Crippen LogP) is 3.25. The maximum Gasteiger partial charge on any atom is 0.344 e. The zero-order valence-electron chi connectivity index (χ0n) is 13.6. The van der Waals surface area contributed by atoms with Crippen molar-refractivity contribution in [2.24, 2.45) is 0 Å². The van der Waals surface area contributed by atoms with Crippen molar-refractivity contribution in [1.29, 1.82) is 0 Å². The van der Waals surface area contributed by atoms with Gasteiger partial charge in [-0.15, -0.1) is 0 Å². The summed E-state index contributed by atoms with van der Waals surface area (Å²) in [4.78, 5) is 26.2. The molecule has 0 bridgehead atoms. The third kappa shape index (κ3) is 4.71. The Labute approximate surface area is 135 Å². The fourth-order valence-corrected chi connectivity index (χ4v) is 2.15. The first-order chi connectivity index (χ1) is 11.0. The minimum absolute atomic E-state index is 0.221. The van der Waals surface area contributed by atoms with Crippen LogP contribution in [0.4, 0.5) is 0 Å². The molecule has 0 unspecified atom stereocenters. The fourth-order valence-electron chi connectivity index (χ4n) is 2.15. The monoisotopic (exact) mass is 315 g/mol. The number of esters is 1. The van der Waals surface area contributed by atoms with E-state index in [1.165, 1.54) is 0 Å². The predicted molar refractivity (Wildman–Crippen MR) is 86.8 cm³/mol. The lowest BCUT2D eigenvalue weighted by Gasteiger charge is -2.14. The van der Waals surface area contributed by atoms with E-state index in [9.17, 15) is 9.59 Å². The molecule has 0 atom stereocenters. The first kappa shape index (κ1) is 16.8. The van der Waals surface area contributed by atoms with Gasteiger partial charge in [0.15, 0.2) is 13.2 Å². The summed E-state index contributed by atoms with van der Waals surface area (Å²) in [5, 5.41) is 0. The molecule has 1 aromatic carbocycles. The topological polar surface area (TPSA) is 68.4 Å². The summed E-state index contributed by atoms with van der Waals surface area (Å²) < 4.78 is 10.5. The van der Waals surface area contributed by atoms with Gasteiger partial charge in [-0.05, 0) is 42.2 Å². The highest BCUT2D eigenvalue weighted by Gasteiger charge is 2.13. The van der Waals surface area contributed by atoms with Gasteiger partial charge in [-0.3, -0.25) is 4.79 Å². The molecule has 0 aliphatic carbocycles. The van der Waals surface area contributed by atoms with Gasteiger partial charge in [-0.2, -0.15) is 0 Å². The number of aromatic amines is 1. The van der Waals surface area contributed by atoms with Crippen LogP contribution in [-0.2, 0) is 9.53 Å². The van der Waals surface area contributed by atoms with Crippen LogP contribution in [-0.4, -0.2) is 30.0 Å². The second-order valence-electron chi connectivity index (χ2n) is 5.65. The molecule has 2 rings (SSSR count). The smallest absolute Gasteiger partial charge is 0.344 e. The molecule has 1 N–H and O–H groups in total. The van der Waals surface area contributed by atoms with Crippen molar-refractivity contribution in [2.75, 3.05) is 13.2 Å². The van der Waals surface area contributed by atoms with Crippen LogP contribution in [0.5, 0.6) is 5.75 Å². The molecule has 0 saturated heterocycles. The summed E-state index contributed by atoms with van der Waals surface area (Å²) in [5.74, 6) is 0.117. The minimum atomic E-state index is -0.568. The van der Waals surface area contributed by atoms with Gasteiger partial charge in [-0.25, -0.2) is 4.79 Å². The summed E-state index contributed by atoms with van der Waals surface area (Å²) in [6.45, 7) is 5.56. The van der Waals surface area contributed by atoms with Gasteiger partial charge in [0, 0.05) is 6.20 Å². The molecule has 0 aliphatic rings. The highest BCUT2D eigenvalue weighted by atomic mass is 16.6.